The van der Waals surface area contributed by atoms with Crippen LogP contribution in [-0.4, -0.2) is 49.0 Å². The summed E-state index contributed by atoms with van der Waals surface area (Å²) in [4.78, 5) is 2.22. The van der Waals surface area contributed by atoms with Gasteiger partial charge in [0.1, 0.15) is 0 Å². The summed E-state index contributed by atoms with van der Waals surface area (Å²) < 4.78 is 5.37. The van der Waals surface area contributed by atoms with Crippen molar-refractivity contribution in [3.05, 3.63) is 0 Å². The zero-order valence-corrected chi connectivity index (χ0v) is 10.3. The first-order valence-electron chi connectivity index (χ1n) is 6.06. The van der Waals surface area contributed by atoms with E-state index in [0.29, 0.717) is 6.61 Å². The van der Waals surface area contributed by atoms with Crippen LogP contribution in [0.3, 0.4) is 0 Å². The summed E-state index contributed by atoms with van der Waals surface area (Å²) in [6.45, 7) is 6.28. The van der Waals surface area contributed by atoms with Crippen LogP contribution in [0.4, 0.5) is 0 Å². The van der Waals surface area contributed by atoms with Crippen molar-refractivity contribution in [3.8, 4) is 0 Å². The van der Waals surface area contributed by atoms with Crippen molar-refractivity contribution in [2.24, 2.45) is 5.92 Å². The van der Waals surface area contributed by atoms with Crippen LogP contribution in [0.5, 0.6) is 0 Å². The minimum Gasteiger partial charge on any atom is -0.389 e. The molecule has 3 nitrogen and oxygen atoms in total. The largest absolute Gasteiger partial charge is 0.389 e. The average molecular weight is 215 g/mol. The van der Waals surface area contributed by atoms with Crippen LogP contribution in [0.15, 0.2) is 0 Å². The molecule has 0 aromatic carbocycles. The lowest BCUT2D eigenvalue weighted by atomic mass is 9.85. The van der Waals surface area contributed by atoms with E-state index in [2.05, 4.69) is 11.9 Å². The molecule has 1 aliphatic rings. The fourth-order valence-electron chi connectivity index (χ4n) is 1.91. The molecule has 3 heteroatoms. The Labute approximate surface area is 93.4 Å². The van der Waals surface area contributed by atoms with Gasteiger partial charge in [-0.15, -0.1) is 0 Å². The molecule has 0 heterocycles. The van der Waals surface area contributed by atoms with Gasteiger partial charge < -0.3 is 14.7 Å². The third-order valence-electron chi connectivity index (χ3n) is 2.94. The molecule has 0 aromatic rings. The molecule has 1 unspecified atom stereocenters. The second-order valence-corrected chi connectivity index (χ2v) is 5.05. The molecule has 1 atom stereocenters. The van der Waals surface area contributed by atoms with E-state index in [4.69, 9.17) is 4.74 Å². The van der Waals surface area contributed by atoms with Gasteiger partial charge in [-0.3, -0.25) is 0 Å². The van der Waals surface area contributed by atoms with Crippen molar-refractivity contribution in [3.63, 3.8) is 0 Å². The molecule has 0 aliphatic heterocycles. The number of rotatable bonds is 7. The Balaban J connectivity index is 2.04. The third-order valence-corrected chi connectivity index (χ3v) is 2.94. The highest BCUT2D eigenvalue weighted by Gasteiger charge is 2.20. The Morgan fingerprint density at radius 2 is 2.07 bits per heavy atom. The maximum absolute atomic E-state index is 9.71. The van der Waals surface area contributed by atoms with Crippen LogP contribution in [0, 0.1) is 5.92 Å². The first kappa shape index (κ1) is 12.9. The maximum Gasteiger partial charge on any atom is 0.0900 e. The topological polar surface area (TPSA) is 32.7 Å². The van der Waals surface area contributed by atoms with Gasteiger partial charge in [-0.05, 0) is 39.7 Å². The number of nitrogens with zero attached hydrogens (tertiary/aromatic N) is 1. The SMILES string of the molecule is CC(C)OCC(O)CN(C)CC1CCC1. The van der Waals surface area contributed by atoms with Crippen molar-refractivity contribution in [2.45, 2.75) is 45.3 Å². The van der Waals surface area contributed by atoms with Gasteiger partial charge in [-0.1, -0.05) is 6.42 Å². The Morgan fingerprint density at radius 1 is 1.40 bits per heavy atom. The van der Waals surface area contributed by atoms with Crippen molar-refractivity contribution in [1.82, 2.24) is 4.90 Å². The summed E-state index contributed by atoms with van der Waals surface area (Å²) in [7, 11) is 2.08. The lowest BCUT2D eigenvalue weighted by Crippen LogP contribution is -2.37. The highest BCUT2D eigenvalue weighted by atomic mass is 16.5. The molecule has 1 N–H and O–H groups in total. The predicted octanol–water partition coefficient (Wildman–Crippen LogP) is 1.50. The molecule has 90 valence electrons. The summed E-state index contributed by atoms with van der Waals surface area (Å²) >= 11 is 0. The lowest BCUT2D eigenvalue weighted by Gasteiger charge is -2.31. The molecule has 0 spiro atoms. The number of ether oxygens (including phenoxy) is 1. The van der Waals surface area contributed by atoms with Crippen molar-refractivity contribution >= 4 is 0 Å². The summed E-state index contributed by atoms with van der Waals surface area (Å²) in [5.41, 5.74) is 0. The number of hydrogen-bond donors (Lipinski definition) is 1. The molecular weight excluding hydrogens is 190 g/mol. The zero-order valence-electron chi connectivity index (χ0n) is 10.3. The van der Waals surface area contributed by atoms with E-state index >= 15 is 0 Å². The molecule has 0 saturated heterocycles. The Morgan fingerprint density at radius 3 is 2.53 bits per heavy atom. The van der Waals surface area contributed by atoms with Gasteiger partial charge in [0.15, 0.2) is 0 Å². The van der Waals surface area contributed by atoms with Crippen LogP contribution in [0.1, 0.15) is 33.1 Å². The van der Waals surface area contributed by atoms with Crippen LogP contribution >= 0.6 is 0 Å². The number of hydrogen-bond acceptors (Lipinski definition) is 3. The normalized spacial score (nSPS) is 19.6. The van der Waals surface area contributed by atoms with Crippen LogP contribution < -0.4 is 0 Å². The summed E-state index contributed by atoms with van der Waals surface area (Å²) in [5.74, 6) is 0.869. The molecule has 0 radical (unpaired) electrons. The first-order valence-corrected chi connectivity index (χ1v) is 6.06. The van der Waals surface area contributed by atoms with Crippen LogP contribution in [-0.2, 0) is 4.74 Å². The number of aliphatic hydroxyl groups excluding tert-OH is 1. The molecule has 1 fully saturated rings. The summed E-state index contributed by atoms with van der Waals surface area (Å²) in [6, 6.07) is 0. The van der Waals surface area contributed by atoms with Gasteiger partial charge in [-0.2, -0.15) is 0 Å². The fourth-order valence-corrected chi connectivity index (χ4v) is 1.91. The molecule has 1 aliphatic carbocycles. The molecule has 0 aromatic heterocycles. The van der Waals surface area contributed by atoms with Gasteiger partial charge in [0.05, 0.1) is 18.8 Å². The van der Waals surface area contributed by atoms with Gasteiger partial charge in [0, 0.05) is 13.1 Å². The average Bonchev–Trinajstić information content (AvgIpc) is 2.08. The number of aliphatic hydroxyl groups is 1. The van der Waals surface area contributed by atoms with Crippen LogP contribution in [0.25, 0.3) is 0 Å². The van der Waals surface area contributed by atoms with E-state index in [1.165, 1.54) is 19.3 Å². The van der Waals surface area contributed by atoms with E-state index in [-0.39, 0.29) is 12.2 Å². The number of likely N-dealkylation sites (N-methyl/N-ethyl adjacent to an activating group) is 1. The Kier molecular flexibility index (Phi) is 5.58. The molecule has 1 rings (SSSR count). The molecular formula is C12H25NO2. The molecule has 15 heavy (non-hydrogen) atoms. The van der Waals surface area contributed by atoms with E-state index in [0.717, 1.165) is 19.0 Å². The third kappa shape index (κ3) is 5.50. The molecule has 0 bridgehead atoms. The quantitative estimate of drug-likeness (QED) is 0.698. The highest BCUT2D eigenvalue weighted by Crippen LogP contribution is 2.26. The van der Waals surface area contributed by atoms with Crippen LogP contribution in [0.2, 0.25) is 0 Å². The van der Waals surface area contributed by atoms with Crippen molar-refractivity contribution in [1.29, 1.82) is 0 Å². The van der Waals surface area contributed by atoms with E-state index in [1.807, 2.05) is 13.8 Å². The van der Waals surface area contributed by atoms with Gasteiger partial charge >= 0.3 is 0 Å². The minimum atomic E-state index is -0.350. The fraction of sp³-hybridized carbons (Fsp3) is 1.00. The van der Waals surface area contributed by atoms with Gasteiger partial charge in [-0.25, -0.2) is 0 Å². The monoisotopic (exact) mass is 215 g/mol. The first-order chi connectivity index (χ1) is 7.08. The van der Waals surface area contributed by atoms with E-state index in [1.54, 1.807) is 0 Å². The Bertz CT molecular complexity index is 169. The Hall–Kier alpha value is -0.120. The maximum atomic E-state index is 9.71. The molecule has 1 saturated carbocycles. The predicted molar refractivity (Wildman–Crippen MR) is 61.9 cm³/mol. The lowest BCUT2D eigenvalue weighted by molar-refractivity contribution is -0.00816. The van der Waals surface area contributed by atoms with Gasteiger partial charge in [0.2, 0.25) is 0 Å². The standard InChI is InChI=1S/C12H25NO2/c1-10(2)15-9-12(14)8-13(3)7-11-5-4-6-11/h10-12,14H,4-9H2,1-3H3. The smallest absolute Gasteiger partial charge is 0.0900 e. The van der Waals surface area contributed by atoms with Gasteiger partial charge in [0.25, 0.3) is 0 Å². The second kappa shape index (κ2) is 6.46. The summed E-state index contributed by atoms with van der Waals surface area (Å²) in [5, 5.41) is 9.71. The highest BCUT2D eigenvalue weighted by molar-refractivity contribution is 4.73. The summed E-state index contributed by atoms with van der Waals surface area (Å²) in [6.07, 6.45) is 3.97. The second-order valence-electron chi connectivity index (χ2n) is 5.05. The zero-order chi connectivity index (χ0) is 11.3. The minimum absolute atomic E-state index is 0.205. The molecule has 0 amide bonds. The van der Waals surface area contributed by atoms with E-state index in [9.17, 15) is 5.11 Å². The van der Waals surface area contributed by atoms with E-state index < -0.39 is 0 Å². The van der Waals surface area contributed by atoms with Crippen molar-refractivity contribution in [2.75, 3.05) is 26.7 Å². The van der Waals surface area contributed by atoms with Crippen molar-refractivity contribution < 1.29 is 9.84 Å².